The molecule has 3 aromatic rings. The van der Waals surface area contributed by atoms with E-state index in [0.29, 0.717) is 16.3 Å². The maximum atomic E-state index is 15.6. The highest BCUT2D eigenvalue weighted by Crippen LogP contribution is 2.50. The van der Waals surface area contributed by atoms with Crippen molar-refractivity contribution in [2.24, 2.45) is 11.1 Å². The van der Waals surface area contributed by atoms with Crippen molar-refractivity contribution in [1.82, 2.24) is 5.32 Å². The van der Waals surface area contributed by atoms with Gasteiger partial charge in [-0.2, -0.15) is 0 Å². The summed E-state index contributed by atoms with van der Waals surface area (Å²) in [5.41, 5.74) is 5.46. The smallest absolute Gasteiger partial charge is 0.348 e. The van der Waals surface area contributed by atoms with Gasteiger partial charge in [-0.15, -0.1) is 11.3 Å². The highest BCUT2D eigenvalue weighted by atomic mass is 35.5. The second-order valence-corrected chi connectivity index (χ2v) is 12.7. The summed E-state index contributed by atoms with van der Waals surface area (Å²) in [7, 11) is 1.26. The summed E-state index contributed by atoms with van der Waals surface area (Å²) in [5, 5.41) is 6.51. The van der Waals surface area contributed by atoms with Gasteiger partial charge in [0.2, 0.25) is 5.91 Å². The zero-order chi connectivity index (χ0) is 28.7. The molecular weight excluding hydrogens is 567 g/mol. The van der Waals surface area contributed by atoms with Crippen LogP contribution in [-0.2, 0) is 15.1 Å². The van der Waals surface area contributed by atoms with E-state index < -0.39 is 47.1 Å². The van der Waals surface area contributed by atoms with Crippen LogP contribution >= 0.6 is 34.5 Å². The molecular formula is C28H29Cl2F2N3O3S. The van der Waals surface area contributed by atoms with Crippen molar-refractivity contribution in [2.45, 2.75) is 50.7 Å². The molecule has 4 rings (SSSR count). The minimum atomic E-state index is -1.58. The number of carbonyl (C=O) groups is 2. The summed E-state index contributed by atoms with van der Waals surface area (Å²) < 4.78 is 35.9. The third kappa shape index (κ3) is 5.83. The summed E-state index contributed by atoms with van der Waals surface area (Å²) in [4.78, 5) is 26.0. The Kier molecular flexibility index (Phi) is 8.40. The number of nitrogens with one attached hydrogen (secondary N) is 2. The number of carbonyl (C=O) groups excluding carboxylic acids is 2. The summed E-state index contributed by atoms with van der Waals surface area (Å²) in [5.74, 6) is -3.55. The number of esters is 1. The number of nitrogens with two attached hydrogens (primary N) is 1. The molecule has 4 N–H and O–H groups in total. The molecule has 0 spiro atoms. The van der Waals surface area contributed by atoms with Gasteiger partial charge in [0.1, 0.15) is 16.5 Å². The van der Waals surface area contributed by atoms with Crippen LogP contribution in [0.3, 0.4) is 0 Å². The number of hydrogen-bond donors (Lipinski definition) is 3. The summed E-state index contributed by atoms with van der Waals surface area (Å²) in [6, 6.07) is 9.96. The van der Waals surface area contributed by atoms with E-state index in [2.05, 4.69) is 10.6 Å². The highest BCUT2D eigenvalue weighted by molar-refractivity contribution is 7.18. The van der Waals surface area contributed by atoms with E-state index in [1.165, 1.54) is 37.4 Å². The lowest BCUT2D eigenvalue weighted by molar-refractivity contribution is -0.118. The first kappa shape index (κ1) is 29.4. The van der Waals surface area contributed by atoms with Crippen molar-refractivity contribution >= 4 is 51.4 Å². The number of anilines is 1. The maximum absolute atomic E-state index is 15.6. The Morgan fingerprint density at radius 1 is 1.15 bits per heavy atom. The van der Waals surface area contributed by atoms with Gasteiger partial charge in [0.15, 0.2) is 0 Å². The molecule has 0 aliphatic carbocycles. The van der Waals surface area contributed by atoms with Crippen molar-refractivity contribution < 1.29 is 23.1 Å². The number of thiophene rings is 1. The van der Waals surface area contributed by atoms with E-state index in [1.807, 2.05) is 20.8 Å². The molecule has 2 aromatic carbocycles. The Hall–Kier alpha value is -2.56. The van der Waals surface area contributed by atoms with Gasteiger partial charge in [-0.25, -0.2) is 13.6 Å². The number of halogens is 4. The second-order valence-electron chi connectivity index (χ2n) is 10.8. The molecule has 0 saturated carbocycles. The van der Waals surface area contributed by atoms with Crippen molar-refractivity contribution in [3.8, 4) is 0 Å². The molecule has 0 bridgehead atoms. The molecule has 0 radical (unpaired) electrons. The quantitative estimate of drug-likeness (QED) is 0.284. The number of amides is 1. The van der Waals surface area contributed by atoms with Gasteiger partial charge < -0.3 is 21.1 Å². The van der Waals surface area contributed by atoms with E-state index in [1.54, 1.807) is 12.1 Å². The lowest BCUT2D eigenvalue weighted by Gasteiger charge is -2.40. The first-order valence-electron chi connectivity index (χ1n) is 12.2. The normalized spacial score (nSPS) is 23.1. The summed E-state index contributed by atoms with van der Waals surface area (Å²) in [6.45, 7) is 5.99. The van der Waals surface area contributed by atoms with E-state index in [9.17, 15) is 9.59 Å². The van der Waals surface area contributed by atoms with E-state index in [-0.39, 0.29) is 26.6 Å². The fraction of sp³-hybridized carbons (Fsp3) is 0.357. The van der Waals surface area contributed by atoms with Crippen LogP contribution in [0.4, 0.5) is 13.8 Å². The maximum Gasteiger partial charge on any atom is 0.348 e. The van der Waals surface area contributed by atoms with Gasteiger partial charge in [-0.1, -0.05) is 62.2 Å². The highest BCUT2D eigenvalue weighted by Gasteiger charge is 2.58. The Bertz CT molecular complexity index is 1410. The molecule has 208 valence electrons. The zero-order valence-electron chi connectivity index (χ0n) is 21.8. The van der Waals surface area contributed by atoms with Crippen LogP contribution in [0.2, 0.25) is 10.0 Å². The van der Waals surface area contributed by atoms with E-state index >= 15 is 8.78 Å². The number of rotatable bonds is 6. The molecule has 2 heterocycles. The van der Waals surface area contributed by atoms with Crippen molar-refractivity contribution in [2.75, 3.05) is 12.4 Å². The van der Waals surface area contributed by atoms with Gasteiger partial charge in [0, 0.05) is 22.5 Å². The number of hydrogen-bond acceptors (Lipinski definition) is 6. The molecule has 1 saturated heterocycles. The first-order chi connectivity index (χ1) is 18.3. The van der Waals surface area contributed by atoms with Gasteiger partial charge >= 0.3 is 5.97 Å². The number of ether oxygens (including phenoxy) is 1. The van der Waals surface area contributed by atoms with Crippen LogP contribution in [0, 0.1) is 17.0 Å². The van der Waals surface area contributed by atoms with Crippen molar-refractivity contribution in [3.63, 3.8) is 0 Å². The second kappa shape index (κ2) is 11.1. The average molecular weight is 597 g/mol. The van der Waals surface area contributed by atoms with Gasteiger partial charge in [0.25, 0.3) is 0 Å². The van der Waals surface area contributed by atoms with Crippen LogP contribution in [0.25, 0.3) is 0 Å². The minimum absolute atomic E-state index is 0.0739. The number of methoxy groups -OCH3 is 1. The van der Waals surface area contributed by atoms with E-state index in [4.69, 9.17) is 33.7 Å². The molecule has 4 unspecified atom stereocenters. The molecule has 6 nitrogen and oxygen atoms in total. The lowest BCUT2D eigenvalue weighted by Crippen LogP contribution is -2.52. The van der Waals surface area contributed by atoms with Crippen molar-refractivity contribution in [1.29, 1.82) is 0 Å². The average Bonchev–Trinajstić information content (AvgIpc) is 3.42. The first-order valence-corrected chi connectivity index (χ1v) is 13.8. The molecule has 1 fully saturated rings. The summed E-state index contributed by atoms with van der Waals surface area (Å²) in [6.07, 6.45) is 0.430. The fourth-order valence-corrected chi connectivity index (χ4v) is 6.39. The van der Waals surface area contributed by atoms with E-state index in [0.717, 1.165) is 17.4 Å². The largest absolute Gasteiger partial charge is 0.465 e. The molecule has 11 heteroatoms. The third-order valence-electron chi connectivity index (χ3n) is 6.86. The Morgan fingerprint density at radius 2 is 1.87 bits per heavy atom. The van der Waals surface area contributed by atoms with Crippen LogP contribution in [0.15, 0.2) is 48.5 Å². The molecule has 1 amide bonds. The molecule has 1 aromatic heterocycles. The Morgan fingerprint density at radius 3 is 2.51 bits per heavy atom. The van der Waals surface area contributed by atoms with Crippen LogP contribution in [0.5, 0.6) is 0 Å². The number of benzene rings is 2. The Labute approximate surface area is 239 Å². The van der Waals surface area contributed by atoms with Crippen LogP contribution in [-0.4, -0.2) is 31.1 Å². The third-order valence-corrected chi connectivity index (χ3v) is 8.37. The topological polar surface area (TPSA) is 93.4 Å². The monoisotopic (exact) mass is 595 g/mol. The van der Waals surface area contributed by atoms with Crippen LogP contribution < -0.4 is 16.4 Å². The van der Waals surface area contributed by atoms with Gasteiger partial charge in [0.05, 0.1) is 28.7 Å². The van der Waals surface area contributed by atoms with Crippen LogP contribution in [0.1, 0.15) is 53.9 Å². The van der Waals surface area contributed by atoms with Crippen molar-refractivity contribution in [3.05, 3.63) is 86.2 Å². The zero-order valence-corrected chi connectivity index (χ0v) is 24.1. The molecule has 1 aliphatic rings. The minimum Gasteiger partial charge on any atom is -0.465 e. The molecule has 39 heavy (non-hydrogen) atoms. The molecule has 1 aliphatic heterocycles. The predicted molar refractivity (Wildman–Crippen MR) is 150 cm³/mol. The fourth-order valence-electron chi connectivity index (χ4n) is 5.22. The Balaban J connectivity index is 1.87. The predicted octanol–water partition coefficient (Wildman–Crippen LogP) is 6.47. The summed E-state index contributed by atoms with van der Waals surface area (Å²) >= 11 is 13.2. The molecule has 4 atom stereocenters. The van der Waals surface area contributed by atoms with Gasteiger partial charge in [-0.05, 0) is 47.7 Å². The van der Waals surface area contributed by atoms with Gasteiger partial charge in [-0.3, -0.25) is 4.79 Å². The standard InChI is InChI=1S/C28H29Cl2F2N3O3S/c1-27(2,3)13-20-28(33,16-9-8-14(29)12-18(16)31)22(15-6-5-7-17(30)23(15)32)24(34-20)25(36)35-21-11-10-19(39-21)26(37)38-4/h5-12,20,22,24,34H,13,33H2,1-4H3,(H,35,36). The lowest BCUT2D eigenvalue weighted by atomic mass is 9.68. The SMILES string of the molecule is COC(=O)c1ccc(NC(=O)C2NC(CC(C)(C)C)C(N)(c3ccc(Cl)cc3F)C2c2cccc(Cl)c2F)s1.